The number of aryl methyl sites for hydroxylation is 1. The quantitative estimate of drug-likeness (QED) is 0.721. The van der Waals surface area contributed by atoms with Crippen LogP contribution in [0.2, 0.25) is 0 Å². The first-order chi connectivity index (χ1) is 10.6. The zero-order valence-electron chi connectivity index (χ0n) is 12.5. The van der Waals surface area contributed by atoms with Crippen LogP contribution < -0.4 is 10.5 Å². The molecule has 0 aliphatic heterocycles. The number of benzene rings is 2. The van der Waals surface area contributed by atoms with Gasteiger partial charge in [0.25, 0.3) is 5.56 Å². The highest BCUT2D eigenvalue weighted by Gasteiger charge is 2.12. The van der Waals surface area contributed by atoms with E-state index in [9.17, 15) is 4.79 Å². The van der Waals surface area contributed by atoms with E-state index in [0.29, 0.717) is 11.0 Å². The van der Waals surface area contributed by atoms with Gasteiger partial charge in [0.1, 0.15) is 4.47 Å². The molecule has 4 nitrogen and oxygen atoms in total. The Hall–Kier alpha value is -2.14. The van der Waals surface area contributed by atoms with E-state index in [1.807, 2.05) is 24.1 Å². The molecule has 0 aliphatic rings. The van der Waals surface area contributed by atoms with Gasteiger partial charge in [-0.2, -0.15) is 5.10 Å². The molecule has 0 atom stereocenters. The van der Waals surface area contributed by atoms with Crippen molar-refractivity contribution in [3.63, 3.8) is 0 Å². The molecule has 2 aromatic carbocycles. The number of aromatic nitrogens is 2. The van der Waals surface area contributed by atoms with Crippen molar-refractivity contribution in [2.45, 2.75) is 6.54 Å². The van der Waals surface area contributed by atoms with Gasteiger partial charge in [-0.05, 0) is 32.3 Å². The standard InChI is InChI=1S/C17H16BrN3O/c1-20(15-10-19-21(2)17(22)16(15)18)11-13-8-5-7-12-6-3-4-9-14(12)13/h3-10H,11H2,1-2H3. The highest BCUT2D eigenvalue weighted by atomic mass is 79.9. The lowest BCUT2D eigenvalue weighted by Crippen LogP contribution is -2.25. The van der Waals surface area contributed by atoms with E-state index >= 15 is 0 Å². The number of halogens is 1. The fourth-order valence-corrected chi connectivity index (χ4v) is 3.20. The molecule has 0 spiro atoms. The predicted molar refractivity (Wildman–Crippen MR) is 93.2 cm³/mol. The predicted octanol–water partition coefficient (Wildman–Crippen LogP) is 3.33. The van der Waals surface area contributed by atoms with Crippen molar-refractivity contribution < 1.29 is 0 Å². The van der Waals surface area contributed by atoms with Crippen LogP contribution in [0.3, 0.4) is 0 Å². The minimum absolute atomic E-state index is 0.137. The van der Waals surface area contributed by atoms with E-state index < -0.39 is 0 Å². The number of hydrogen-bond acceptors (Lipinski definition) is 3. The van der Waals surface area contributed by atoms with Crippen molar-refractivity contribution >= 4 is 32.4 Å². The zero-order chi connectivity index (χ0) is 15.7. The second kappa shape index (κ2) is 5.93. The van der Waals surface area contributed by atoms with Crippen LogP contribution in [0, 0.1) is 0 Å². The average Bonchev–Trinajstić information content (AvgIpc) is 2.53. The number of hydrogen-bond donors (Lipinski definition) is 0. The number of rotatable bonds is 3. The maximum Gasteiger partial charge on any atom is 0.282 e. The fraction of sp³-hybridized carbons (Fsp3) is 0.176. The second-order valence-electron chi connectivity index (χ2n) is 5.27. The smallest absolute Gasteiger partial charge is 0.282 e. The summed E-state index contributed by atoms with van der Waals surface area (Å²) in [5.41, 5.74) is 1.87. The van der Waals surface area contributed by atoms with E-state index in [4.69, 9.17) is 0 Å². The van der Waals surface area contributed by atoms with Gasteiger partial charge in [-0.1, -0.05) is 42.5 Å². The summed E-state index contributed by atoms with van der Waals surface area (Å²) >= 11 is 3.38. The van der Waals surface area contributed by atoms with Crippen LogP contribution in [0.25, 0.3) is 10.8 Å². The molecule has 0 radical (unpaired) electrons. The van der Waals surface area contributed by atoms with E-state index in [0.717, 1.165) is 5.69 Å². The second-order valence-corrected chi connectivity index (χ2v) is 6.06. The first-order valence-corrected chi connectivity index (χ1v) is 7.77. The summed E-state index contributed by atoms with van der Waals surface area (Å²) < 4.78 is 1.85. The maximum atomic E-state index is 12.0. The Morgan fingerprint density at radius 2 is 1.91 bits per heavy atom. The summed E-state index contributed by atoms with van der Waals surface area (Å²) in [5, 5.41) is 6.54. The van der Waals surface area contributed by atoms with Crippen molar-refractivity contribution in [2.24, 2.45) is 7.05 Å². The van der Waals surface area contributed by atoms with Gasteiger partial charge in [0.2, 0.25) is 0 Å². The van der Waals surface area contributed by atoms with Gasteiger partial charge in [0.15, 0.2) is 0 Å². The van der Waals surface area contributed by atoms with Crippen LogP contribution in [-0.4, -0.2) is 16.8 Å². The van der Waals surface area contributed by atoms with Crippen molar-refractivity contribution in [3.8, 4) is 0 Å². The molecule has 1 aromatic heterocycles. The van der Waals surface area contributed by atoms with Crippen LogP contribution in [0.15, 0.2) is 57.9 Å². The molecule has 0 aliphatic carbocycles. The molecular weight excluding hydrogens is 342 g/mol. The minimum Gasteiger partial charge on any atom is -0.368 e. The van der Waals surface area contributed by atoms with E-state index in [1.165, 1.54) is 21.0 Å². The third-order valence-corrected chi connectivity index (χ3v) is 4.50. The van der Waals surface area contributed by atoms with Crippen molar-refractivity contribution in [3.05, 3.63) is 69.1 Å². The SMILES string of the molecule is CN(Cc1cccc2ccccc12)c1cnn(C)c(=O)c1Br. The van der Waals surface area contributed by atoms with Crippen LogP contribution in [0.4, 0.5) is 5.69 Å². The Morgan fingerprint density at radius 3 is 2.73 bits per heavy atom. The molecule has 112 valence electrons. The number of anilines is 1. The van der Waals surface area contributed by atoms with Gasteiger partial charge in [0.05, 0.1) is 11.9 Å². The summed E-state index contributed by atoms with van der Waals surface area (Å²) in [4.78, 5) is 14.0. The molecule has 0 fully saturated rings. The van der Waals surface area contributed by atoms with Gasteiger partial charge >= 0.3 is 0 Å². The van der Waals surface area contributed by atoms with Crippen LogP contribution >= 0.6 is 15.9 Å². The van der Waals surface area contributed by atoms with Crippen molar-refractivity contribution in [1.29, 1.82) is 0 Å². The maximum absolute atomic E-state index is 12.0. The van der Waals surface area contributed by atoms with Crippen molar-refractivity contribution in [2.75, 3.05) is 11.9 Å². The van der Waals surface area contributed by atoms with Crippen LogP contribution in [0.5, 0.6) is 0 Å². The normalized spacial score (nSPS) is 10.9. The van der Waals surface area contributed by atoms with E-state index in [1.54, 1.807) is 13.2 Å². The minimum atomic E-state index is -0.137. The lowest BCUT2D eigenvalue weighted by molar-refractivity contribution is 0.698. The molecule has 22 heavy (non-hydrogen) atoms. The topological polar surface area (TPSA) is 38.1 Å². The number of nitrogens with zero attached hydrogens (tertiary/aromatic N) is 3. The van der Waals surface area contributed by atoms with Gasteiger partial charge in [-0.3, -0.25) is 4.79 Å². The van der Waals surface area contributed by atoms with E-state index in [2.05, 4.69) is 51.4 Å². The Labute approximate surface area is 137 Å². The summed E-state index contributed by atoms with van der Waals surface area (Å²) in [6, 6.07) is 14.6. The summed E-state index contributed by atoms with van der Waals surface area (Å²) in [5.74, 6) is 0. The molecule has 3 rings (SSSR count). The van der Waals surface area contributed by atoms with Gasteiger partial charge in [0, 0.05) is 20.6 Å². The van der Waals surface area contributed by atoms with Gasteiger partial charge in [-0.25, -0.2) is 4.68 Å². The Morgan fingerprint density at radius 1 is 1.18 bits per heavy atom. The van der Waals surface area contributed by atoms with Crippen LogP contribution in [0.1, 0.15) is 5.56 Å². The largest absolute Gasteiger partial charge is 0.368 e. The monoisotopic (exact) mass is 357 g/mol. The number of fused-ring (bicyclic) bond motifs is 1. The Kier molecular flexibility index (Phi) is 3.98. The molecule has 5 heteroatoms. The van der Waals surface area contributed by atoms with Gasteiger partial charge in [-0.15, -0.1) is 0 Å². The third-order valence-electron chi connectivity index (χ3n) is 3.76. The molecule has 0 unspecified atom stereocenters. The van der Waals surface area contributed by atoms with Gasteiger partial charge < -0.3 is 4.90 Å². The third kappa shape index (κ3) is 2.64. The van der Waals surface area contributed by atoms with E-state index in [-0.39, 0.29) is 5.56 Å². The molecule has 1 heterocycles. The van der Waals surface area contributed by atoms with Crippen molar-refractivity contribution in [1.82, 2.24) is 9.78 Å². The molecular formula is C17H16BrN3O. The lowest BCUT2D eigenvalue weighted by atomic mass is 10.0. The lowest BCUT2D eigenvalue weighted by Gasteiger charge is -2.21. The molecule has 0 amide bonds. The molecule has 0 saturated carbocycles. The van der Waals surface area contributed by atoms with Crippen LogP contribution in [-0.2, 0) is 13.6 Å². The molecule has 0 saturated heterocycles. The Balaban J connectivity index is 1.99. The molecule has 0 bridgehead atoms. The first kappa shape index (κ1) is 14.8. The summed E-state index contributed by atoms with van der Waals surface area (Å²) in [6.45, 7) is 0.703. The molecule has 0 N–H and O–H groups in total. The fourth-order valence-electron chi connectivity index (χ4n) is 2.54. The molecule has 3 aromatic rings. The zero-order valence-corrected chi connectivity index (χ0v) is 14.0. The summed E-state index contributed by atoms with van der Waals surface area (Å²) in [7, 11) is 3.60. The summed E-state index contributed by atoms with van der Waals surface area (Å²) in [6.07, 6.45) is 1.70. The Bertz CT molecular complexity index is 883. The average molecular weight is 358 g/mol. The highest BCUT2D eigenvalue weighted by molar-refractivity contribution is 9.10. The highest BCUT2D eigenvalue weighted by Crippen LogP contribution is 2.25. The first-order valence-electron chi connectivity index (χ1n) is 6.97.